The van der Waals surface area contributed by atoms with Crippen LogP contribution in [0.25, 0.3) is 0 Å². The SMILES string of the molecule is O=C(O)c1ccc(N2CCCc3ccccc32)cc1F. The molecule has 0 aromatic heterocycles. The van der Waals surface area contributed by atoms with Crippen LogP contribution in [0.15, 0.2) is 42.5 Å². The van der Waals surface area contributed by atoms with Crippen LogP contribution in [0.2, 0.25) is 0 Å². The fourth-order valence-electron chi connectivity index (χ4n) is 2.65. The Morgan fingerprint density at radius 3 is 2.75 bits per heavy atom. The molecule has 20 heavy (non-hydrogen) atoms. The monoisotopic (exact) mass is 271 g/mol. The number of carbonyl (C=O) groups is 1. The molecule has 0 radical (unpaired) electrons. The first-order valence-corrected chi connectivity index (χ1v) is 6.55. The van der Waals surface area contributed by atoms with Gasteiger partial charge in [-0.15, -0.1) is 0 Å². The van der Waals surface area contributed by atoms with Crippen LogP contribution < -0.4 is 4.90 Å². The summed E-state index contributed by atoms with van der Waals surface area (Å²) >= 11 is 0. The second-order valence-electron chi connectivity index (χ2n) is 4.85. The zero-order chi connectivity index (χ0) is 14.1. The third-order valence-corrected chi connectivity index (χ3v) is 3.60. The highest BCUT2D eigenvalue weighted by atomic mass is 19.1. The van der Waals surface area contributed by atoms with E-state index in [0.717, 1.165) is 25.1 Å². The van der Waals surface area contributed by atoms with Crippen LogP contribution in [0.3, 0.4) is 0 Å². The van der Waals surface area contributed by atoms with E-state index in [4.69, 9.17) is 5.11 Å². The Morgan fingerprint density at radius 1 is 1.20 bits per heavy atom. The molecule has 3 rings (SSSR count). The van der Waals surface area contributed by atoms with E-state index in [2.05, 4.69) is 6.07 Å². The van der Waals surface area contributed by atoms with Gasteiger partial charge in [0.15, 0.2) is 0 Å². The summed E-state index contributed by atoms with van der Waals surface area (Å²) in [6, 6.07) is 12.3. The number of benzene rings is 2. The third kappa shape index (κ3) is 2.13. The molecule has 4 heteroatoms. The zero-order valence-electron chi connectivity index (χ0n) is 10.8. The van der Waals surface area contributed by atoms with Crippen LogP contribution in [0, 0.1) is 5.82 Å². The minimum atomic E-state index is -1.24. The number of nitrogens with zero attached hydrogens (tertiary/aromatic N) is 1. The van der Waals surface area contributed by atoms with Gasteiger partial charge in [-0.3, -0.25) is 0 Å². The molecule has 2 aromatic carbocycles. The molecule has 1 N–H and O–H groups in total. The molecule has 3 nitrogen and oxygen atoms in total. The lowest BCUT2D eigenvalue weighted by atomic mass is 10.0. The Hall–Kier alpha value is -2.36. The Kier molecular flexibility index (Phi) is 3.14. The fourth-order valence-corrected chi connectivity index (χ4v) is 2.65. The first-order valence-electron chi connectivity index (χ1n) is 6.55. The summed E-state index contributed by atoms with van der Waals surface area (Å²) in [5.74, 6) is -1.94. The van der Waals surface area contributed by atoms with Crippen LogP contribution in [-0.2, 0) is 6.42 Å². The van der Waals surface area contributed by atoms with Gasteiger partial charge >= 0.3 is 5.97 Å². The van der Waals surface area contributed by atoms with Gasteiger partial charge in [0.05, 0.1) is 5.56 Å². The number of aryl methyl sites for hydroxylation is 1. The lowest BCUT2D eigenvalue weighted by Gasteiger charge is -2.31. The van der Waals surface area contributed by atoms with Gasteiger partial charge in [-0.1, -0.05) is 18.2 Å². The summed E-state index contributed by atoms with van der Waals surface area (Å²) in [5, 5.41) is 8.87. The van der Waals surface area contributed by atoms with Crippen molar-refractivity contribution in [3.05, 3.63) is 59.4 Å². The van der Waals surface area contributed by atoms with Crippen LogP contribution in [0.4, 0.5) is 15.8 Å². The minimum absolute atomic E-state index is 0.293. The number of rotatable bonds is 2. The van der Waals surface area contributed by atoms with E-state index in [-0.39, 0.29) is 5.56 Å². The Bertz CT molecular complexity index is 669. The van der Waals surface area contributed by atoms with Gasteiger partial charge in [0.25, 0.3) is 0 Å². The van der Waals surface area contributed by atoms with Crippen LogP contribution in [0.1, 0.15) is 22.3 Å². The van der Waals surface area contributed by atoms with Crippen molar-refractivity contribution in [3.8, 4) is 0 Å². The smallest absolute Gasteiger partial charge is 0.338 e. The summed E-state index contributed by atoms with van der Waals surface area (Å²) in [5.41, 5.74) is 2.71. The highest BCUT2D eigenvalue weighted by Crippen LogP contribution is 2.33. The molecule has 0 amide bonds. The number of carboxylic acids is 1. The molecule has 2 aromatic rings. The van der Waals surface area contributed by atoms with E-state index in [9.17, 15) is 9.18 Å². The number of fused-ring (bicyclic) bond motifs is 1. The fraction of sp³-hybridized carbons (Fsp3) is 0.188. The van der Waals surface area contributed by atoms with Crippen LogP contribution in [-0.4, -0.2) is 17.6 Å². The standard InChI is InChI=1S/C16H14FNO2/c17-14-10-12(7-8-13(14)16(19)20)18-9-3-5-11-4-1-2-6-15(11)18/h1-2,4,6-8,10H,3,5,9H2,(H,19,20). The first-order chi connectivity index (χ1) is 9.66. The van der Waals surface area contributed by atoms with Gasteiger partial charge in [-0.05, 0) is 42.7 Å². The molecule has 0 atom stereocenters. The second kappa shape index (κ2) is 4.96. The molecule has 1 heterocycles. The quantitative estimate of drug-likeness (QED) is 0.907. The molecule has 0 saturated heterocycles. The molecular weight excluding hydrogens is 257 g/mol. The average molecular weight is 271 g/mol. The molecular formula is C16H14FNO2. The van der Waals surface area contributed by atoms with Gasteiger partial charge in [-0.25, -0.2) is 9.18 Å². The number of aromatic carboxylic acids is 1. The molecule has 0 fully saturated rings. The summed E-state index contributed by atoms with van der Waals surface area (Å²) in [4.78, 5) is 12.9. The second-order valence-corrected chi connectivity index (χ2v) is 4.85. The van der Waals surface area contributed by atoms with Crippen molar-refractivity contribution in [2.45, 2.75) is 12.8 Å². The maximum atomic E-state index is 13.8. The molecule has 1 aliphatic rings. The number of hydrogen-bond acceptors (Lipinski definition) is 2. The van der Waals surface area contributed by atoms with E-state index in [0.29, 0.717) is 5.69 Å². The summed E-state index contributed by atoms with van der Waals surface area (Å²) < 4.78 is 13.8. The topological polar surface area (TPSA) is 40.5 Å². The van der Waals surface area contributed by atoms with Crippen molar-refractivity contribution >= 4 is 17.3 Å². The Morgan fingerprint density at radius 2 is 2.00 bits per heavy atom. The van der Waals surface area contributed by atoms with Crippen molar-refractivity contribution in [3.63, 3.8) is 0 Å². The first kappa shape index (κ1) is 12.7. The predicted molar refractivity (Wildman–Crippen MR) is 75.1 cm³/mol. The van der Waals surface area contributed by atoms with Crippen LogP contribution >= 0.6 is 0 Å². The number of hydrogen-bond donors (Lipinski definition) is 1. The summed E-state index contributed by atoms with van der Waals surface area (Å²) in [6.07, 6.45) is 2.02. The molecule has 0 spiro atoms. The molecule has 1 aliphatic heterocycles. The van der Waals surface area contributed by atoms with Gasteiger partial charge in [0, 0.05) is 17.9 Å². The lowest BCUT2D eigenvalue weighted by Crippen LogP contribution is -2.24. The third-order valence-electron chi connectivity index (χ3n) is 3.60. The number of anilines is 2. The molecule has 0 saturated carbocycles. The van der Waals surface area contributed by atoms with E-state index in [1.54, 1.807) is 6.07 Å². The zero-order valence-corrected chi connectivity index (χ0v) is 10.8. The molecule has 0 unspecified atom stereocenters. The number of para-hydroxylation sites is 1. The Labute approximate surface area is 116 Å². The van der Waals surface area contributed by atoms with E-state index in [1.165, 1.54) is 17.7 Å². The highest BCUT2D eigenvalue weighted by Gasteiger charge is 2.19. The lowest BCUT2D eigenvalue weighted by molar-refractivity contribution is 0.0692. The highest BCUT2D eigenvalue weighted by molar-refractivity contribution is 5.88. The largest absolute Gasteiger partial charge is 0.478 e. The van der Waals surface area contributed by atoms with Gasteiger partial charge in [0.2, 0.25) is 0 Å². The molecule has 0 aliphatic carbocycles. The number of carboxylic acid groups (broad SMARTS) is 1. The van der Waals surface area contributed by atoms with Gasteiger partial charge in [-0.2, -0.15) is 0 Å². The van der Waals surface area contributed by atoms with E-state index < -0.39 is 11.8 Å². The Balaban J connectivity index is 2.03. The van der Waals surface area contributed by atoms with Crippen molar-refractivity contribution in [2.75, 3.05) is 11.4 Å². The van der Waals surface area contributed by atoms with Crippen molar-refractivity contribution < 1.29 is 14.3 Å². The van der Waals surface area contributed by atoms with E-state index in [1.807, 2.05) is 23.1 Å². The van der Waals surface area contributed by atoms with Gasteiger partial charge < -0.3 is 10.0 Å². The average Bonchev–Trinajstić information content (AvgIpc) is 2.46. The van der Waals surface area contributed by atoms with Crippen LogP contribution in [0.5, 0.6) is 0 Å². The maximum absolute atomic E-state index is 13.8. The minimum Gasteiger partial charge on any atom is -0.478 e. The summed E-state index contributed by atoms with van der Waals surface area (Å²) in [7, 11) is 0. The molecule has 0 bridgehead atoms. The van der Waals surface area contributed by atoms with Crippen molar-refractivity contribution in [1.82, 2.24) is 0 Å². The normalized spacial score (nSPS) is 13.9. The van der Waals surface area contributed by atoms with Crippen molar-refractivity contribution in [1.29, 1.82) is 0 Å². The summed E-state index contributed by atoms with van der Waals surface area (Å²) in [6.45, 7) is 0.808. The molecule has 102 valence electrons. The maximum Gasteiger partial charge on any atom is 0.338 e. The van der Waals surface area contributed by atoms with Crippen molar-refractivity contribution in [2.24, 2.45) is 0 Å². The predicted octanol–water partition coefficient (Wildman–Crippen LogP) is 3.61. The van der Waals surface area contributed by atoms with Gasteiger partial charge in [0.1, 0.15) is 5.82 Å². The van der Waals surface area contributed by atoms with E-state index >= 15 is 0 Å². The number of halogens is 1.